The van der Waals surface area contributed by atoms with Gasteiger partial charge in [-0.3, -0.25) is 9.59 Å². The van der Waals surface area contributed by atoms with Crippen LogP contribution in [0.25, 0.3) is 0 Å². The summed E-state index contributed by atoms with van der Waals surface area (Å²) in [5, 5.41) is 0. The van der Waals surface area contributed by atoms with E-state index in [1.807, 2.05) is 4.90 Å². The molecule has 4 rings (SSSR count). The Hall–Kier alpha value is -1.58. The van der Waals surface area contributed by atoms with Gasteiger partial charge in [0.25, 0.3) is 5.91 Å². The van der Waals surface area contributed by atoms with E-state index >= 15 is 0 Å². The molecular weight excluding hydrogens is 254 g/mol. The predicted molar refractivity (Wildman–Crippen MR) is 72.5 cm³/mol. The first-order valence-electron chi connectivity index (χ1n) is 7.64. The number of rotatable bonds is 3. The zero-order valence-electron chi connectivity index (χ0n) is 11.5. The molecule has 0 bridgehead atoms. The van der Waals surface area contributed by atoms with Crippen LogP contribution in [0.15, 0.2) is 16.7 Å². The molecule has 1 atom stereocenters. The molecule has 0 aromatic carbocycles. The summed E-state index contributed by atoms with van der Waals surface area (Å²) in [6, 6.07) is 1.93. The Kier molecular flexibility index (Phi) is 2.72. The second kappa shape index (κ2) is 4.47. The van der Waals surface area contributed by atoms with Gasteiger partial charge in [0.05, 0.1) is 11.8 Å². The summed E-state index contributed by atoms with van der Waals surface area (Å²) in [6.45, 7) is 0.577. The van der Waals surface area contributed by atoms with Gasteiger partial charge >= 0.3 is 0 Å². The minimum Gasteiger partial charge on any atom is -0.468 e. The molecule has 1 aromatic heterocycles. The van der Waals surface area contributed by atoms with Gasteiger partial charge in [0.1, 0.15) is 11.5 Å². The number of nitrogens with zero attached hydrogens (tertiary/aromatic N) is 1. The van der Waals surface area contributed by atoms with Gasteiger partial charge in [0.2, 0.25) is 0 Å². The molecule has 20 heavy (non-hydrogen) atoms. The van der Waals surface area contributed by atoms with Gasteiger partial charge in [0, 0.05) is 31.3 Å². The summed E-state index contributed by atoms with van der Waals surface area (Å²) in [5.74, 6) is 2.22. The van der Waals surface area contributed by atoms with Crippen molar-refractivity contribution < 1.29 is 14.0 Å². The number of furan rings is 1. The number of hydrogen-bond acceptors (Lipinski definition) is 3. The molecule has 2 aliphatic carbocycles. The van der Waals surface area contributed by atoms with Gasteiger partial charge < -0.3 is 9.32 Å². The van der Waals surface area contributed by atoms with E-state index in [0.717, 1.165) is 37.0 Å². The van der Waals surface area contributed by atoms with Crippen LogP contribution in [0.1, 0.15) is 60.6 Å². The topological polar surface area (TPSA) is 50.5 Å². The number of ketones is 1. The molecule has 3 fully saturated rings. The maximum Gasteiger partial charge on any atom is 0.257 e. The van der Waals surface area contributed by atoms with Crippen LogP contribution >= 0.6 is 0 Å². The molecule has 106 valence electrons. The molecule has 3 aliphatic rings. The molecule has 0 spiro atoms. The third-order valence-electron chi connectivity index (χ3n) is 4.77. The number of hydrogen-bond donors (Lipinski definition) is 0. The zero-order valence-corrected chi connectivity index (χ0v) is 11.5. The minimum atomic E-state index is 0.0741. The highest BCUT2D eigenvalue weighted by atomic mass is 16.3. The standard InChI is InChI=1S/C16H19NO3/c18-12-5-7-17(14(9-12)10-1-2-10)16(19)13-6-8-20-15(13)11-3-4-11/h6,8,10-11,14H,1-5,7,9H2. The SMILES string of the molecule is O=C1CCN(C(=O)c2ccoc2C2CC2)C(C2CC2)C1. The lowest BCUT2D eigenvalue weighted by molar-refractivity contribution is -0.122. The highest BCUT2D eigenvalue weighted by molar-refractivity contribution is 5.97. The summed E-state index contributed by atoms with van der Waals surface area (Å²) >= 11 is 0. The molecule has 1 aliphatic heterocycles. The molecule has 1 amide bonds. The lowest BCUT2D eigenvalue weighted by Crippen LogP contribution is -2.47. The average Bonchev–Trinajstić information content (AvgIpc) is 3.36. The van der Waals surface area contributed by atoms with Gasteiger partial charge in [-0.25, -0.2) is 0 Å². The van der Waals surface area contributed by atoms with Crippen LogP contribution in [0.4, 0.5) is 0 Å². The van der Waals surface area contributed by atoms with E-state index in [1.54, 1.807) is 12.3 Å². The molecule has 2 heterocycles. The van der Waals surface area contributed by atoms with Gasteiger partial charge in [0.15, 0.2) is 0 Å². The summed E-state index contributed by atoms with van der Waals surface area (Å²) in [5.41, 5.74) is 0.729. The van der Waals surface area contributed by atoms with E-state index in [2.05, 4.69) is 0 Å². The van der Waals surface area contributed by atoms with Crippen molar-refractivity contribution in [2.75, 3.05) is 6.54 Å². The molecule has 2 saturated carbocycles. The van der Waals surface area contributed by atoms with Crippen molar-refractivity contribution in [1.82, 2.24) is 4.90 Å². The Labute approximate surface area is 118 Å². The Morgan fingerprint density at radius 2 is 2.05 bits per heavy atom. The van der Waals surface area contributed by atoms with Crippen molar-refractivity contribution >= 4 is 11.7 Å². The van der Waals surface area contributed by atoms with Crippen LogP contribution in [0.5, 0.6) is 0 Å². The lowest BCUT2D eigenvalue weighted by atomic mass is 9.96. The van der Waals surface area contributed by atoms with Crippen molar-refractivity contribution in [1.29, 1.82) is 0 Å². The third-order valence-corrected chi connectivity index (χ3v) is 4.77. The van der Waals surface area contributed by atoms with E-state index in [0.29, 0.717) is 37.0 Å². The molecule has 1 saturated heterocycles. The van der Waals surface area contributed by atoms with Gasteiger partial charge in [-0.15, -0.1) is 0 Å². The first-order valence-corrected chi connectivity index (χ1v) is 7.64. The van der Waals surface area contributed by atoms with Crippen molar-refractivity contribution in [2.45, 2.75) is 50.5 Å². The minimum absolute atomic E-state index is 0.0741. The highest BCUT2D eigenvalue weighted by Crippen LogP contribution is 2.43. The third kappa shape index (κ3) is 2.07. The number of carbonyl (C=O) groups is 2. The predicted octanol–water partition coefficient (Wildman–Crippen LogP) is 2.74. The van der Waals surface area contributed by atoms with Gasteiger partial charge in [-0.2, -0.15) is 0 Å². The summed E-state index contributed by atoms with van der Waals surface area (Å²) in [7, 11) is 0. The number of Topliss-reactive ketones (excluding diaryl/α,β-unsaturated/α-hetero) is 1. The number of carbonyl (C=O) groups excluding carboxylic acids is 2. The molecule has 0 N–H and O–H groups in total. The fraction of sp³-hybridized carbons (Fsp3) is 0.625. The van der Waals surface area contributed by atoms with E-state index in [-0.39, 0.29) is 11.9 Å². The van der Waals surface area contributed by atoms with Crippen LogP contribution in [-0.4, -0.2) is 29.2 Å². The smallest absolute Gasteiger partial charge is 0.257 e. The number of likely N-dealkylation sites (tertiary alicyclic amines) is 1. The van der Waals surface area contributed by atoms with Crippen LogP contribution in [0.2, 0.25) is 0 Å². The molecular formula is C16H19NO3. The molecule has 1 unspecified atom stereocenters. The Bertz CT molecular complexity index is 554. The average molecular weight is 273 g/mol. The van der Waals surface area contributed by atoms with Crippen LogP contribution in [0.3, 0.4) is 0 Å². The van der Waals surface area contributed by atoms with Crippen molar-refractivity contribution in [3.05, 3.63) is 23.7 Å². The lowest BCUT2D eigenvalue weighted by Gasteiger charge is -2.35. The van der Waals surface area contributed by atoms with E-state index < -0.39 is 0 Å². The maximum absolute atomic E-state index is 12.8. The first-order chi connectivity index (χ1) is 9.74. The largest absolute Gasteiger partial charge is 0.468 e. The molecule has 4 nitrogen and oxygen atoms in total. The van der Waals surface area contributed by atoms with Crippen LogP contribution in [0, 0.1) is 5.92 Å². The van der Waals surface area contributed by atoms with E-state index in [1.165, 1.54) is 0 Å². The quantitative estimate of drug-likeness (QED) is 0.851. The second-order valence-electron chi connectivity index (χ2n) is 6.37. The summed E-state index contributed by atoms with van der Waals surface area (Å²) in [6.07, 6.45) is 7.24. The Morgan fingerprint density at radius 1 is 1.25 bits per heavy atom. The van der Waals surface area contributed by atoms with Gasteiger partial charge in [-0.1, -0.05) is 0 Å². The molecule has 4 heteroatoms. The van der Waals surface area contributed by atoms with E-state index in [4.69, 9.17) is 4.42 Å². The van der Waals surface area contributed by atoms with Crippen molar-refractivity contribution in [3.8, 4) is 0 Å². The Balaban J connectivity index is 1.59. The maximum atomic E-state index is 12.8. The van der Waals surface area contributed by atoms with E-state index in [9.17, 15) is 9.59 Å². The highest BCUT2D eigenvalue weighted by Gasteiger charge is 2.42. The van der Waals surface area contributed by atoms with Crippen molar-refractivity contribution in [3.63, 3.8) is 0 Å². The molecule has 1 aromatic rings. The Morgan fingerprint density at radius 3 is 2.75 bits per heavy atom. The normalized spacial score (nSPS) is 26.9. The van der Waals surface area contributed by atoms with Crippen LogP contribution < -0.4 is 0 Å². The number of piperidine rings is 1. The first kappa shape index (κ1) is 12.2. The summed E-state index contributed by atoms with van der Waals surface area (Å²) < 4.78 is 5.52. The fourth-order valence-electron chi connectivity index (χ4n) is 3.32. The number of amides is 1. The zero-order chi connectivity index (χ0) is 13.7. The van der Waals surface area contributed by atoms with Crippen LogP contribution in [-0.2, 0) is 4.79 Å². The molecule has 0 radical (unpaired) electrons. The second-order valence-corrected chi connectivity index (χ2v) is 6.37. The fourth-order valence-corrected chi connectivity index (χ4v) is 3.32. The summed E-state index contributed by atoms with van der Waals surface area (Å²) in [4.78, 5) is 26.4. The monoisotopic (exact) mass is 273 g/mol. The van der Waals surface area contributed by atoms with Crippen molar-refractivity contribution in [2.24, 2.45) is 5.92 Å². The van der Waals surface area contributed by atoms with Gasteiger partial charge in [-0.05, 0) is 37.7 Å².